The number of esters is 1. The maximum absolute atomic E-state index is 11.1. The molecule has 2 unspecified atom stereocenters. The molecule has 0 spiro atoms. The Morgan fingerprint density at radius 1 is 1.04 bits per heavy atom. The predicted molar refractivity (Wildman–Crippen MR) is 98.1 cm³/mol. The zero-order valence-corrected chi connectivity index (χ0v) is 15.1. The maximum atomic E-state index is 11.1. The first-order chi connectivity index (χ1) is 12.0. The molecule has 0 aliphatic carbocycles. The molecular formula is C21H26O4. The first-order valence-electron chi connectivity index (χ1n) is 8.62. The number of phenols is 1. The van der Waals surface area contributed by atoms with Crippen molar-refractivity contribution in [3.8, 4) is 11.5 Å². The monoisotopic (exact) mass is 342 g/mol. The Kier molecular flexibility index (Phi) is 6.87. The normalized spacial score (nSPS) is 13.1. The molecule has 0 saturated carbocycles. The Morgan fingerprint density at radius 3 is 2.20 bits per heavy atom. The molecule has 134 valence electrons. The molecule has 2 atom stereocenters. The molecule has 0 amide bonds. The lowest BCUT2D eigenvalue weighted by Crippen LogP contribution is -2.12. The molecule has 2 aromatic rings. The van der Waals surface area contributed by atoms with Gasteiger partial charge >= 0.3 is 5.97 Å². The van der Waals surface area contributed by atoms with Crippen molar-refractivity contribution in [1.29, 1.82) is 0 Å². The molecule has 0 aromatic heterocycles. The van der Waals surface area contributed by atoms with Gasteiger partial charge in [-0.3, -0.25) is 0 Å². The van der Waals surface area contributed by atoms with Crippen LogP contribution in [0.3, 0.4) is 0 Å². The van der Waals surface area contributed by atoms with Gasteiger partial charge in [-0.05, 0) is 60.1 Å². The molecule has 0 heterocycles. The zero-order valence-electron chi connectivity index (χ0n) is 15.1. The topological polar surface area (TPSA) is 55.8 Å². The van der Waals surface area contributed by atoms with Crippen LogP contribution in [0.25, 0.3) is 0 Å². The molecule has 2 rings (SSSR count). The van der Waals surface area contributed by atoms with Crippen molar-refractivity contribution in [2.75, 3.05) is 13.7 Å². The van der Waals surface area contributed by atoms with Crippen LogP contribution in [0.4, 0.5) is 0 Å². The van der Waals surface area contributed by atoms with Gasteiger partial charge in [-0.1, -0.05) is 38.1 Å². The van der Waals surface area contributed by atoms with Crippen molar-refractivity contribution in [3.05, 3.63) is 59.7 Å². The van der Waals surface area contributed by atoms with E-state index in [0.29, 0.717) is 23.3 Å². The largest absolute Gasteiger partial charge is 0.508 e. The van der Waals surface area contributed by atoms with Gasteiger partial charge in [0.05, 0.1) is 7.11 Å². The lowest BCUT2D eigenvalue weighted by Gasteiger charge is -2.21. The van der Waals surface area contributed by atoms with Crippen LogP contribution in [0.5, 0.6) is 11.5 Å². The predicted octanol–water partition coefficient (Wildman–Crippen LogP) is 4.63. The van der Waals surface area contributed by atoms with E-state index in [2.05, 4.69) is 18.6 Å². The van der Waals surface area contributed by atoms with Crippen molar-refractivity contribution >= 4 is 5.97 Å². The van der Waals surface area contributed by atoms with Crippen LogP contribution in [-0.2, 0) is 9.53 Å². The Hall–Kier alpha value is -2.49. The summed E-state index contributed by atoms with van der Waals surface area (Å²) in [5.41, 5.74) is 2.49. The van der Waals surface area contributed by atoms with Gasteiger partial charge in [0, 0.05) is 0 Å². The highest BCUT2D eigenvalue weighted by molar-refractivity contribution is 5.70. The Bertz CT molecular complexity index is 661. The molecule has 0 fully saturated rings. The minimum absolute atomic E-state index is 0.0792. The van der Waals surface area contributed by atoms with Crippen molar-refractivity contribution in [3.63, 3.8) is 0 Å². The van der Waals surface area contributed by atoms with E-state index in [1.54, 1.807) is 12.1 Å². The first kappa shape index (κ1) is 18.8. The summed E-state index contributed by atoms with van der Waals surface area (Å²) in [6, 6.07) is 15.3. The van der Waals surface area contributed by atoms with Gasteiger partial charge in [-0.25, -0.2) is 4.79 Å². The fourth-order valence-electron chi connectivity index (χ4n) is 2.94. The molecule has 0 bridgehead atoms. The average molecular weight is 342 g/mol. The highest BCUT2D eigenvalue weighted by Gasteiger charge is 2.15. The van der Waals surface area contributed by atoms with Gasteiger partial charge in [0.2, 0.25) is 0 Å². The summed E-state index contributed by atoms with van der Waals surface area (Å²) in [5.74, 6) is 1.41. The summed E-state index contributed by atoms with van der Waals surface area (Å²) in [5, 5.41) is 9.45. The van der Waals surface area contributed by atoms with Gasteiger partial charge in [0.15, 0.2) is 6.61 Å². The smallest absolute Gasteiger partial charge is 0.343 e. The highest BCUT2D eigenvalue weighted by atomic mass is 16.6. The van der Waals surface area contributed by atoms with Gasteiger partial charge in [-0.15, -0.1) is 0 Å². The molecule has 2 aromatic carbocycles. The molecule has 4 nitrogen and oxygen atoms in total. The van der Waals surface area contributed by atoms with Gasteiger partial charge in [-0.2, -0.15) is 0 Å². The van der Waals surface area contributed by atoms with E-state index in [-0.39, 0.29) is 6.61 Å². The van der Waals surface area contributed by atoms with Crippen LogP contribution in [0.2, 0.25) is 0 Å². The third-order valence-electron chi connectivity index (χ3n) is 4.53. The van der Waals surface area contributed by atoms with Crippen LogP contribution in [-0.4, -0.2) is 24.8 Å². The number of hydrogen-bond donors (Lipinski definition) is 1. The standard InChI is InChI=1S/C21H26O4/c1-4-16(18-5-9-19(22)10-6-18)13-15(2)17-7-11-20(12-8-17)25-14-21(23)24-3/h5-12,15-16,22H,4,13-14H2,1-3H3. The lowest BCUT2D eigenvalue weighted by molar-refractivity contribution is -0.142. The third kappa shape index (κ3) is 5.52. The molecule has 0 aliphatic heterocycles. The molecule has 0 aliphatic rings. The highest BCUT2D eigenvalue weighted by Crippen LogP contribution is 2.33. The van der Waals surface area contributed by atoms with Crippen molar-refractivity contribution in [1.82, 2.24) is 0 Å². The second-order valence-corrected chi connectivity index (χ2v) is 6.27. The third-order valence-corrected chi connectivity index (χ3v) is 4.53. The summed E-state index contributed by atoms with van der Waals surface area (Å²) in [4.78, 5) is 11.1. The van der Waals surface area contributed by atoms with E-state index >= 15 is 0 Å². The molecule has 25 heavy (non-hydrogen) atoms. The SMILES string of the molecule is CCC(CC(C)c1ccc(OCC(=O)OC)cc1)c1ccc(O)cc1. The first-order valence-corrected chi connectivity index (χ1v) is 8.62. The molecular weight excluding hydrogens is 316 g/mol. The number of phenolic OH excluding ortho intramolecular Hbond substituents is 1. The number of rotatable bonds is 8. The van der Waals surface area contributed by atoms with E-state index < -0.39 is 5.97 Å². The molecule has 1 N–H and O–H groups in total. The minimum atomic E-state index is -0.392. The van der Waals surface area contributed by atoms with Gasteiger partial charge < -0.3 is 14.6 Å². The second kappa shape index (κ2) is 9.11. The van der Waals surface area contributed by atoms with E-state index in [0.717, 1.165) is 12.8 Å². The zero-order chi connectivity index (χ0) is 18.2. The number of carbonyl (C=O) groups excluding carboxylic acids is 1. The molecule has 4 heteroatoms. The minimum Gasteiger partial charge on any atom is -0.508 e. The summed E-state index contributed by atoms with van der Waals surface area (Å²) < 4.78 is 9.94. The van der Waals surface area contributed by atoms with E-state index in [4.69, 9.17) is 4.74 Å². The van der Waals surface area contributed by atoms with Crippen molar-refractivity contribution in [2.24, 2.45) is 0 Å². The van der Waals surface area contributed by atoms with E-state index in [1.165, 1.54) is 18.2 Å². The fraction of sp³-hybridized carbons (Fsp3) is 0.381. The molecule has 0 saturated heterocycles. The van der Waals surface area contributed by atoms with Crippen LogP contribution >= 0.6 is 0 Å². The summed E-state index contributed by atoms with van der Waals surface area (Å²) >= 11 is 0. The van der Waals surface area contributed by atoms with Crippen LogP contribution in [0.15, 0.2) is 48.5 Å². The number of ether oxygens (including phenoxy) is 2. The Balaban J connectivity index is 1.98. The molecule has 0 radical (unpaired) electrons. The maximum Gasteiger partial charge on any atom is 0.343 e. The van der Waals surface area contributed by atoms with Crippen LogP contribution < -0.4 is 4.74 Å². The summed E-state index contributed by atoms with van der Waals surface area (Å²) in [6.07, 6.45) is 2.08. The Morgan fingerprint density at radius 2 is 1.64 bits per heavy atom. The fourth-order valence-corrected chi connectivity index (χ4v) is 2.94. The summed E-state index contributed by atoms with van der Waals surface area (Å²) in [7, 11) is 1.34. The van der Waals surface area contributed by atoms with E-state index in [9.17, 15) is 9.90 Å². The van der Waals surface area contributed by atoms with E-state index in [1.807, 2.05) is 36.4 Å². The van der Waals surface area contributed by atoms with Gasteiger partial charge in [0.1, 0.15) is 11.5 Å². The number of carbonyl (C=O) groups is 1. The second-order valence-electron chi connectivity index (χ2n) is 6.27. The van der Waals surface area contributed by atoms with Crippen molar-refractivity contribution < 1.29 is 19.4 Å². The average Bonchev–Trinajstić information content (AvgIpc) is 2.65. The number of benzene rings is 2. The number of methoxy groups -OCH3 is 1. The summed E-state index contributed by atoms with van der Waals surface area (Å²) in [6.45, 7) is 4.32. The van der Waals surface area contributed by atoms with Gasteiger partial charge in [0.25, 0.3) is 0 Å². The quantitative estimate of drug-likeness (QED) is 0.711. The lowest BCUT2D eigenvalue weighted by atomic mass is 9.84. The van der Waals surface area contributed by atoms with Crippen LogP contribution in [0.1, 0.15) is 49.7 Å². The Labute approximate surface area is 149 Å². The van der Waals surface area contributed by atoms with Crippen molar-refractivity contribution in [2.45, 2.75) is 38.5 Å². The number of aromatic hydroxyl groups is 1. The number of hydrogen-bond acceptors (Lipinski definition) is 4. The van der Waals surface area contributed by atoms with Crippen LogP contribution in [0, 0.1) is 0 Å².